The van der Waals surface area contributed by atoms with E-state index in [0.717, 1.165) is 4.68 Å². The van der Waals surface area contributed by atoms with Crippen molar-refractivity contribution in [3.8, 4) is 6.07 Å². The first kappa shape index (κ1) is 16.4. The Morgan fingerprint density at radius 2 is 2.16 bits per heavy atom. The average Bonchev–Trinajstić information content (AvgIpc) is 3.17. The number of ketones is 2. The molecule has 25 heavy (non-hydrogen) atoms. The number of hydrogen-bond acceptors (Lipinski definition) is 6. The van der Waals surface area contributed by atoms with Crippen molar-refractivity contribution < 1.29 is 14.0 Å². The predicted molar refractivity (Wildman–Crippen MR) is 86.0 cm³/mol. The summed E-state index contributed by atoms with van der Waals surface area (Å²) in [5.41, 5.74) is 0.638. The van der Waals surface area contributed by atoms with E-state index < -0.39 is 17.5 Å². The monoisotopic (exact) mass is 338 g/mol. The summed E-state index contributed by atoms with van der Waals surface area (Å²) in [6.07, 6.45) is 2.75. The number of Topliss-reactive ketones (excluding diaryl/α,β-unsaturated/α-hetero) is 2. The summed E-state index contributed by atoms with van der Waals surface area (Å²) in [5.74, 6) is -2.70. The third kappa shape index (κ3) is 2.99. The molecule has 0 amide bonds. The van der Waals surface area contributed by atoms with Crippen molar-refractivity contribution in [2.45, 2.75) is 19.9 Å². The second-order valence-corrected chi connectivity index (χ2v) is 5.51. The van der Waals surface area contributed by atoms with Crippen molar-refractivity contribution in [3.05, 3.63) is 58.5 Å². The van der Waals surface area contributed by atoms with Crippen LogP contribution < -0.4 is 5.69 Å². The topological polar surface area (TPSA) is 110 Å². The summed E-state index contributed by atoms with van der Waals surface area (Å²) in [6, 6.07) is 8.42. The fraction of sp³-hybridized carbons (Fsp3) is 0.235. The zero-order valence-electron chi connectivity index (χ0n) is 13.4. The zero-order chi connectivity index (χ0) is 18.0. The van der Waals surface area contributed by atoms with Crippen LogP contribution in [0.4, 0.5) is 0 Å². The van der Waals surface area contributed by atoms with E-state index >= 15 is 0 Å². The van der Waals surface area contributed by atoms with Crippen LogP contribution in [0.5, 0.6) is 0 Å². The van der Waals surface area contributed by atoms with Gasteiger partial charge in [0.2, 0.25) is 5.78 Å². The Morgan fingerprint density at radius 1 is 1.36 bits per heavy atom. The number of fused-ring (bicyclic) bond motifs is 1. The fourth-order valence-corrected chi connectivity index (χ4v) is 2.51. The van der Waals surface area contributed by atoms with Gasteiger partial charge in [-0.15, -0.1) is 5.10 Å². The van der Waals surface area contributed by atoms with Gasteiger partial charge >= 0.3 is 5.69 Å². The molecule has 0 saturated heterocycles. The van der Waals surface area contributed by atoms with Crippen molar-refractivity contribution in [1.82, 2.24) is 14.2 Å². The maximum absolute atomic E-state index is 12.3. The molecule has 0 saturated carbocycles. The first-order valence-corrected chi connectivity index (χ1v) is 7.57. The van der Waals surface area contributed by atoms with Crippen molar-refractivity contribution in [2.24, 2.45) is 5.92 Å². The fourth-order valence-electron chi connectivity index (χ4n) is 2.51. The second-order valence-electron chi connectivity index (χ2n) is 5.51. The average molecular weight is 338 g/mol. The molecule has 0 aliphatic heterocycles. The molecule has 3 rings (SSSR count). The van der Waals surface area contributed by atoms with Gasteiger partial charge < -0.3 is 4.42 Å². The summed E-state index contributed by atoms with van der Waals surface area (Å²) in [7, 11) is 0. The van der Waals surface area contributed by atoms with Crippen molar-refractivity contribution in [2.75, 3.05) is 0 Å². The number of aromatic nitrogens is 3. The van der Waals surface area contributed by atoms with Gasteiger partial charge in [-0.2, -0.15) is 5.26 Å². The minimum absolute atomic E-state index is 0.00444. The van der Waals surface area contributed by atoms with E-state index in [1.165, 1.54) is 10.7 Å². The van der Waals surface area contributed by atoms with Crippen LogP contribution in [0.1, 0.15) is 22.5 Å². The van der Waals surface area contributed by atoms with Crippen LogP contribution in [0.25, 0.3) is 5.65 Å². The Hall–Kier alpha value is -3.47. The van der Waals surface area contributed by atoms with Crippen molar-refractivity contribution in [3.63, 3.8) is 0 Å². The van der Waals surface area contributed by atoms with Crippen LogP contribution in [-0.4, -0.2) is 25.7 Å². The van der Waals surface area contributed by atoms with Crippen LogP contribution in [0.3, 0.4) is 0 Å². The molecule has 0 fully saturated rings. The molecule has 0 spiro atoms. The molecule has 3 heterocycles. The highest BCUT2D eigenvalue weighted by Crippen LogP contribution is 2.16. The standard InChI is InChI=1S/C17H14N4O4/c1-11-6-9-25-16(11)15(23)12(10-18)13(22)5-8-21-17(24)20-7-3-2-4-14(20)19-21/h2-4,6-7,9,12H,5,8H2,1H3/t12-/m1/s1. The van der Waals surface area contributed by atoms with Crippen LogP contribution in [0.15, 0.2) is 45.9 Å². The largest absolute Gasteiger partial charge is 0.461 e. The maximum atomic E-state index is 12.3. The molecule has 3 aromatic rings. The van der Waals surface area contributed by atoms with E-state index in [4.69, 9.17) is 4.42 Å². The Bertz CT molecular complexity index is 1050. The number of hydrogen-bond donors (Lipinski definition) is 0. The number of pyridine rings is 1. The van der Waals surface area contributed by atoms with Gasteiger partial charge in [-0.1, -0.05) is 6.07 Å². The lowest BCUT2D eigenvalue weighted by Gasteiger charge is -2.06. The number of carbonyl (C=O) groups excluding carboxylic acids is 2. The van der Waals surface area contributed by atoms with E-state index in [9.17, 15) is 19.6 Å². The second kappa shape index (κ2) is 6.57. The normalized spacial score (nSPS) is 12.0. The van der Waals surface area contributed by atoms with Crippen molar-refractivity contribution in [1.29, 1.82) is 5.26 Å². The molecular formula is C17H14N4O4. The molecular weight excluding hydrogens is 324 g/mol. The summed E-state index contributed by atoms with van der Waals surface area (Å²) < 4.78 is 7.55. The minimum Gasteiger partial charge on any atom is -0.461 e. The quantitative estimate of drug-likeness (QED) is 0.496. The van der Waals surface area contributed by atoms with Gasteiger partial charge in [-0.25, -0.2) is 9.48 Å². The van der Waals surface area contributed by atoms with Gasteiger partial charge in [-0.3, -0.25) is 14.0 Å². The lowest BCUT2D eigenvalue weighted by Crippen LogP contribution is -2.27. The third-order valence-corrected chi connectivity index (χ3v) is 3.86. The van der Waals surface area contributed by atoms with Crippen molar-refractivity contribution >= 4 is 17.2 Å². The molecule has 0 aromatic carbocycles. The molecule has 0 N–H and O–H groups in total. The SMILES string of the molecule is Cc1ccoc1C(=O)[C@H](C#N)C(=O)CCn1nc2ccccn2c1=O. The summed E-state index contributed by atoms with van der Waals surface area (Å²) >= 11 is 0. The molecule has 8 nitrogen and oxygen atoms in total. The maximum Gasteiger partial charge on any atom is 0.350 e. The number of nitrogens with zero attached hydrogens (tertiary/aromatic N) is 4. The highest BCUT2D eigenvalue weighted by Gasteiger charge is 2.30. The van der Waals surface area contributed by atoms with Crippen LogP contribution in [-0.2, 0) is 11.3 Å². The Morgan fingerprint density at radius 3 is 2.80 bits per heavy atom. The van der Waals surface area contributed by atoms with Crippen LogP contribution in [0, 0.1) is 24.2 Å². The van der Waals surface area contributed by atoms with Gasteiger partial charge in [-0.05, 0) is 30.7 Å². The van der Waals surface area contributed by atoms with Crippen LogP contribution >= 0.6 is 0 Å². The number of aryl methyl sites for hydroxylation is 2. The molecule has 0 radical (unpaired) electrons. The molecule has 8 heteroatoms. The number of furan rings is 1. The van der Waals surface area contributed by atoms with Gasteiger partial charge in [0.1, 0.15) is 0 Å². The first-order chi connectivity index (χ1) is 12.0. The molecule has 0 bridgehead atoms. The van der Waals surface area contributed by atoms with E-state index in [2.05, 4.69) is 5.10 Å². The summed E-state index contributed by atoms with van der Waals surface area (Å²) in [6.45, 7) is 1.65. The van der Waals surface area contributed by atoms with E-state index in [1.807, 2.05) is 0 Å². The van der Waals surface area contributed by atoms with Gasteiger partial charge in [0, 0.05) is 12.6 Å². The molecule has 1 atom stereocenters. The number of carbonyl (C=O) groups is 2. The lowest BCUT2D eigenvalue weighted by atomic mass is 9.95. The van der Waals surface area contributed by atoms with E-state index in [-0.39, 0.29) is 24.4 Å². The predicted octanol–water partition coefficient (Wildman–Crippen LogP) is 1.38. The Balaban J connectivity index is 1.75. The minimum atomic E-state index is -1.46. The molecule has 0 unspecified atom stereocenters. The highest BCUT2D eigenvalue weighted by molar-refractivity contribution is 6.12. The van der Waals surface area contributed by atoms with Gasteiger partial charge in [0.15, 0.2) is 23.1 Å². The Labute approximate surface area is 141 Å². The highest BCUT2D eigenvalue weighted by atomic mass is 16.3. The molecule has 0 aliphatic rings. The van der Waals surface area contributed by atoms with Gasteiger partial charge in [0.05, 0.1) is 18.9 Å². The smallest absolute Gasteiger partial charge is 0.350 e. The number of rotatable bonds is 6. The zero-order valence-corrected chi connectivity index (χ0v) is 13.4. The van der Waals surface area contributed by atoms with E-state index in [0.29, 0.717) is 11.2 Å². The lowest BCUT2D eigenvalue weighted by molar-refractivity contribution is -0.120. The summed E-state index contributed by atoms with van der Waals surface area (Å²) in [4.78, 5) is 36.7. The van der Waals surface area contributed by atoms with Crippen LogP contribution in [0.2, 0.25) is 0 Å². The van der Waals surface area contributed by atoms with Gasteiger partial charge in [0.25, 0.3) is 0 Å². The molecule has 3 aromatic heterocycles. The first-order valence-electron chi connectivity index (χ1n) is 7.57. The third-order valence-electron chi connectivity index (χ3n) is 3.86. The summed E-state index contributed by atoms with van der Waals surface area (Å²) in [5, 5.41) is 13.3. The molecule has 0 aliphatic carbocycles. The number of nitriles is 1. The Kier molecular flexibility index (Phi) is 4.31. The van der Waals surface area contributed by atoms with E-state index in [1.54, 1.807) is 43.5 Å². The molecule has 126 valence electrons.